The van der Waals surface area contributed by atoms with Gasteiger partial charge in [0.15, 0.2) is 0 Å². The molecule has 3 aromatic rings. The van der Waals surface area contributed by atoms with Gasteiger partial charge in [0.1, 0.15) is 30.4 Å². The van der Waals surface area contributed by atoms with Gasteiger partial charge in [-0.3, -0.25) is 25.0 Å². The molecule has 61 heavy (non-hydrogen) atoms. The summed E-state index contributed by atoms with van der Waals surface area (Å²) >= 11 is 0. The summed E-state index contributed by atoms with van der Waals surface area (Å²) in [5, 5.41) is 47.2. The molecular weight excluding hydrogens is 785 g/mol. The van der Waals surface area contributed by atoms with Gasteiger partial charge in [0.2, 0.25) is 11.7 Å². The number of carbonyl (C=O) groups is 1. The number of ether oxygens (including phenoxy) is 3. The highest BCUT2D eigenvalue weighted by atomic mass is 16.7. The highest BCUT2D eigenvalue weighted by Gasteiger charge is 2.65. The number of benzene rings is 3. The van der Waals surface area contributed by atoms with E-state index in [4.69, 9.17) is 19.0 Å². The van der Waals surface area contributed by atoms with E-state index in [1.165, 1.54) is 37.5 Å². The van der Waals surface area contributed by atoms with Gasteiger partial charge in [-0.2, -0.15) is 0 Å². The molecule has 2 aliphatic carbocycles. The van der Waals surface area contributed by atoms with Crippen LogP contribution < -0.4 is 9.47 Å². The molecule has 0 bridgehead atoms. The second-order valence-electron chi connectivity index (χ2n) is 15.5. The topological polar surface area (TPSA) is 196 Å². The van der Waals surface area contributed by atoms with Crippen molar-refractivity contribution in [1.29, 1.82) is 0 Å². The van der Waals surface area contributed by atoms with Crippen LogP contribution in [0.5, 0.6) is 17.2 Å². The molecule has 0 spiro atoms. The number of aliphatic hydroxyl groups excluding tert-OH is 2. The summed E-state index contributed by atoms with van der Waals surface area (Å²) in [6.45, 7) is 6.48. The Labute approximate surface area is 355 Å². The molecular formula is C46H54N4O11. The first-order chi connectivity index (χ1) is 29.6. The van der Waals surface area contributed by atoms with Gasteiger partial charge in [0, 0.05) is 61.9 Å². The fourth-order valence-corrected chi connectivity index (χ4v) is 9.25. The molecule has 1 heterocycles. The van der Waals surface area contributed by atoms with Crippen LogP contribution in [0.2, 0.25) is 0 Å². The Morgan fingerprint density at radius 1 is 0.984 bits per heavy atom. The Balaban J connectivity index is 1.54. The molecule has 6 atom stereocenters. The number of nitro benzene ring substituents is 2. The van der Waals surface area contributed by atoms with Gasteiger partial charge in [-0.25, -0.2) is 0 Å². The van der Waals surface area contributed by atoms with Crippen molar-refractivity contribution >= 4 is 29.1 Å². The number of oxime groups is 1. The van der Waals surface area contributed by atoms with E-state index in [0.29, 0.717) is 54.3 Å². The van der Waals surface area contributed by atoms with E-state index >= 15 is 0 Å². The van der Waals surface area contributed by atoms with Gasteiger partial charge >= 0.3 is 0 Å². The number of nitrogens with zero attached hydrogens (tertiary/aromatic N) is 4. The maximum Gasteiger partial charge on any atom is 0.273 e. The molecule has 15 heteroatoms. The smallest absolute Gasteiger partial charge is 0.273 e. The van der Waals surface area contributed by atoms with Crippen LogP contribution in [0.15, 0.2) is 102 Å². The molecule has 1 fully saturated rings. The SMILES string of the molecule is C=CCO[C@@]12Oc3ccc(Oc4cccc([N+](=O)[O-])c4)cc3[C@H]3[C@H](CCCCO)[C@@H](CCCCO)C=C(C(=NOC)C[C@@H]1N(CCC)C(=O)C=Cc1ccc([N+](=O)[O-])cc1)[C@H]32. The molecule has 1 aliphatic heterocycles. The minimum Gasteiger partial charge on any atom is -0.459 e. The number of hydrogen-bond donors (Lipinski definition) is 2. The van der Waals surface area contributed by atoms with Crippen LogP contribution in [0, 0.1) is 38.0 Å². The largest absolute Gasteiger partial charge is 0.459 e. The van der Waals surface area contributed by atoms with Crippen LogP contribution in [0.1, 0.15) is 75.3 Å². The zero-order chi connectivity index (χ0) is 43.5. The number of fused-ring (bicyclic) bond motifs is 2. The first-order valence-electron chi connectivity index (χ1n) is 20.9. The van der Waals surface area contributed by atoms with E-state index in [1.807, 2.05) is 19.1 Å². The minimum absolute atomic E-state index is 0.0162. The summed E-state index contributed by atoms with van der Waals surface area (Å²) in [5.74, 6) is -1.38. The number of non-ortho nitro benzene ring substituents is 2. The van der Waals surface area contributed by atoms with E-state index in [-0.39, 0.29) is 61.3 Å². The Morgan fingerprint density at radius 2 is 1.70 bits per heavy atom. The Bertz CT molecular complexity index is 2140. The highest BCUT2D eigenvalue weighted by Crippen LogP contribution is 2.62. The number of nitro groups is 2. The van der Waals surface area contributed by atoms with Crippen LogP contribution in [0.25, 0.3) is 6.08 Å². The summed E-state index contributed by atoms with van der Waals surface area (Å²) in [6.07, 6.45) is 12.1. The summed E-state index contributed by atoms with van der Waals surface area (Å²) in [4.78, 5) is 43.8. The average molecular weight is 839 g/mol. The van der Waals surface area contributed by atoms with Gasteiger partial charge < -0.3 is 34.2 Å². The Morgan fingerprint density at radius 3 is 2.38 bits per heavy atom. The summed E-state index contributed by atoms with van der Waals surface area (Å²) in [7, 11) is 1.49. The molecule has 3 aliphatic rings. The maximum absolute atomic E-state index is 14.6. The molecule has 3 aromatic carbocycles. The van der Waals surface area contributed by atoms with Crippen LogP contribution in [0.4, 0.5) is 11.4 Å². The molecule has 1 saturated carbocycles. The fourth-order valence-electron chi connectivity index (χ4n) is 9.25. The lowest BCUT2D eigenvalue weighted by atomic mass is 9.55. The zero-order valence-electron chi connectivity index (χ0n) is 34.6. The highest BCUT2D eigenvalue weighted by molar-refractivity contribution is 6.03. The number of amides is 1. The van der Waals surface area contributed by atoms with Crippen molar-refractivity contribution < 1.29 is 43.9 Å². The van der Waals surface area contributed by atoms with E-state index in [9.17, 15) is 35.2 Å². The molecule has 0 radical (unpaired) electrons. The standard InChI is InChI=1S/C46H54N4O11/c1-4-23-48(43(53)22-17-31-15-18-33(19-16-31)49(54)55)42-30-40(47-58-3)38-27-32(11-6-8-24-51)37(14-7-9-25-52)44-39-29-36(60-35-13-10-12-34(28-35)50(56)57)20-21-41(39)61-46(42,45(38)44)59-26-5-2/h5,10,12-13,15-22,27-29,32,37,42,44-45,51-52H,2,4,6-9,11,14,23-26,30H2,1,3H3/t32-,37+,42-,44+,45+,46+/m0/s1. The number of carbonyl (C=O) groups excluding carboxylic acids is 1. The molecule has 15 nitrogen and oxygen atoms in total. The van der Waals surface area contributed by atoms with Gasteiger partial charge in [0.25, 0.3) is 11.4 Å². The molecule has 1 amide bonds. The second kappa shape index (κ2) is 20.6. The molecule has 0 unspecified atom stereocenters. The molecule has 6 rings (SSSR count). The first kappa shape index (κ1) is 44.6. The first-order valence-corrected chi connectivity index (χ1v) is 20.9. The van der Waals surface area contributed by atoms with Gasteiger partial charge in [-0.15, -0.1) is 6.58 Å². The lowest BCUT2D eigenvalue weighted by molar-refractivity contribution is -0.385. The maximum atomic E-state index is 14.6. The third-order valence-corrected chi connectivity index (χ3v) is 11.8. The van der Waals surface area contributed by atoms with E-state index in [2.05, 4.69) is 17.8 Å². The minimum atomic E-state index is -1.47. The van der Waals surface area contributed by atoms with E-state index < -0.39 is 27.6 Å². The van der Waals surface area contributed by atoms with E-state index in [0.717, 1.165) is 36.8 Å². The molecule has 2 N–H and O–H groups in total. The van der Waals surface area contributed by atoms with Crippen molar-refractivity contribution in [3.8, 4) is 17.2 Å². The monoisotopic (exact) mass is 838 g/mol. The van der Waals surface area contributed by atoms with Crippen molar-refractivity contribution in [3.63, 3.8) is 0 Å². The zero-order valence-corrected chi connectivity index (χ0v) is 34.6. The average Bonchev–Trinajstić information content (AvgIpc) is 3.26. The predicted molar refractivity (Wildman–Crippen MR) is 229 cm³/mol. The van der Waals surface area contributed by atoms with Gasteiger partial charge in [-0.05, 0) is 97.6 Å². The predicted octanol–water partition coefficient (Wildman–Crippen LogP) is 8.51. The van der Waals surface area contributed by atoms with Crippen LogP contribution in [-0.4, -0.2) is 81.9 Å². The summed E-state index contributed by atoms with van der Waals surface area (Å²) < 4.78 is 20.5. The third kappa shape index (κ3) is 9.85. The van der Waals surface area contributed by atoms with Gasteiger partial charge in [0.05, 0.1) is 34.1 Å². The second-order valence-corrected chi connectivity index (χ2v) is 15.5. The van der Waals surface area contributed by atoms with Crippen LogP contribution in [-0.2, 0) is 14.4 Å². The summed E-state index contributed by atoms with van der Waals surface area (Å²) in [6, 6.07) is 16.7. The number of allylic oxidation sites excluding steroid dienone is 1. The van der Waals surface area contributed by atoms with Crippen molar-refractivity contribution in [1.82, 2.24) is 4.90 Å². The molecule has 0 saturated heterocycles. The number of rotatable bonds is 21. The molecule has 324 valence electrons. The quantitative estimate of drug-likeness (QED) is 0.0343. The van der Waals surface area contributed by atoms with Crippen molar-refractivity contribution in [2.75, 3.05) is 33.5 Å². The lowest BCUT2D eigenvalue weighted by Crippen LogP contribution is -2.70. The van der Waals surface area contributed by atoms with Gasteiger partial charge in [-0.1, -0.05) is 43.1 Å². The summed E-state index contributed by atoms with van der Waals surface area (Å²) in [5.41, 5.74) is 2.80. The van der Waals surface area contributed by atoms with Crippen LogP contribution >= 0.6 is 0 Å². The Kier molecular flexibility index (Phi) is 15.1. The fraction of sp³-hybridized carbons (Fsp3) is 0.435. The normalized spacial score (nSPS) is 23.3. The van der Waals surface area contributed by atoms with E-state index in [1.54, 1.807) is 47.4 Å². The third-order valence-electron chi connectivity index (χ3n) is 11.8. The lowest BCUT2D eigenvalue weighted by Gasteiger charge is -2.60. The Hall–Kier alpha value is -5.90. The van der Waals surface area contributed by atoms with Crippen molar-refractivity contribution in [2.45, 2.75) is 76.0 Å². The number of unbranched alkanes of at least 4 members (excludes halogenated alkanes) is 2. The van der Waals surface area contributed by atoms with Crippen LogP contribution in [0.3, 0.4) is 0 Å². The molecule has 0 aromatic heterocycles. The number of aliphatic hydroxyl groups is 2. The van der Waals surface area contributed by atoms with Crippen molar-refractivity contribution in [3.05, 3.63) is 128 Å². The van der Waals surface area contributed by atoms with Crippen molar-refractivity contribution in [2.24, 2.45) is 22.9 Å². The number of hydrogen-bond acceptors (Lipinski definition) is 12.